The Bertz CT molecular complexity index is 232. The van der Waals surface area contributed by atoms with E-state index in [1.165, 1.54) is 14.2 Å². The minimum atomic E-state index is -0.194. The number of nitrogens with zero attached hydrogens (tertiary/aromatic N) is 2. The van der Waals surface area contributed by atoms with Crippen LogP contribution in [0.4, 0.5) is 0 Å². The van der Waals surface area contributed by atoms with Crippen molar-refractivity contribution in [1.82, 2.24) is 9.80 Å². The molecule has 0 N–H and O–H groups in total. The zero-order chi connectivity index (χ0) is 14.0. The Morgan fingerprint density at radius 3 is 1.39 bits per heavy atom. The molecule has 6 nitrogen and oxygen atoms in total. The third-order valence-electron chi connectivity index (χ3n) is 2.71. The van der Waals surface area contributed by atoms with Crippen molar-refractivity contribution < 1.29 is 19.1 Å². The fraction of sp³-hybridized carbons (Fsp3) is 0.833. The maximum absolute atomic E-state index is 11.0. The van der Waals surface area contributed by atoms with E-state index in [1.807, 2.05) is 14.1 Å². The standard InChI is InChI=1S/C12H24N2O4/c1-13(7-5-11(15)17-3)9-10-14(2)8-6-12(16)18-4/h5-10H2,1-4H3. The molecule has 0 bridgehead atoms. The van der Waals surface area contributed by atoms with Crippen LogP contribution in [0.3, 0.4) is 0 Å². The second-order valence-electron chi connectivity index (χ2n) is 4.26. The molecule has 0 amide bonds. The molecular formula is C12H24N2O4. The van der Waals surface area contributed by atoms with Gasteiger partial charge in [0.2, 0.25) is 0 Å². The smallest absolute Gasteiger partial charge is 0.306 e. The Kier molecular flexibility index (Phi) is 9.22. The summed E-state index contributed by atoms with van der Waals surface area (Å²) in [6, 6.07) is 0. The van der Waals surface area contributed by atoms with Crippen LogP contribution in [0.25, 0.3) is 0 Å². The highest BCUT2D eigenvalue weighted by Crippen LogP contribution is 1.93. The van der Waals surface area contributed by atoms with Crippen molar-refractivity contribution in [2.24, 2.45) is 0 Å². The number of hydrogen-bond donors (Lipinski definition) is 0. The van der Waals surface area contributed by atoms with Crippen LogP contribution in [0.1, 0.15) is 12.8 Å². The van der Waals surface area contributed by atoms with Crippen LogP contribution >= 0.6 is 0 Å². The third kappa shape index (κ3) is 8.95. The minimum Gasteiger partial charge on any atom is -0.469 e. The van der Waals surface area contributed by atoms with Crippen LogP contribution in [0.15, 0.2) is 0 Å². The van der Waals surface area contributed by atoms with Gasteiger partial charge in [-0.05, 0) is 14.1 Å². The summed E-state index contributed by atoms with van der Waals surface area (Å²) in [6.07, 6.45) is 0.803. The lowest BCUT2D eigenvalue weighted by molar-refractivity contribution is -0.142. The zero-order valence-electron chi connectivity index (χ0n) is 11.8. The highest BCUT2D eigenvalue weighted by Gasteiger charge is 2.07. The number of carbonyl (C=O) groups excluding carboxylic acids is 2. The molecule has 0 unspecified atom stereocenters. The van der Waals surface area contributed by atoms with Crippen LogP contribution < -0.4 is 0 Å². The quantitative estimate of drug-likeness (QED) is 0.543. The lowest BCUT2D eigenvalue weighted by Gasteiger charge is -2.21. The van der Waals surface area contributed by atoms with E-state index in [-0.39, 0.29) is 11.9 Å². The summed E-state index contributed by atoms with van der Waals surface area (Å²) in [6.45, 7) is 3.04. The van der Waals surface area contributed by atoms with Gasteiger partial charge in [-0.15, -0.1) is 0 Å². The lowest BCUT2D eigenvalue weighted by atomic mass is 10.3. The zero-order valence-corrected chi connectivity index (χ0v) is 11.8. The first-order valence-electron chi connectivity index (χ1n) is 6.00. The molecule has 18 heavy (non-hydrogen) atoms. The monoisotopic (exact) mass is 260 g/mol. The summed E-state index contributed by atoms with van der Waals surface area (Å²) < 4.78 is 9.15. The molecule has 0 atom stereocenters. The van der Waals surface area contributed by atoms with E-state index in [1.54, 1.807) is 0 Å². The van der Waals surface area contributed by atoms with Crippen molar-refractivity contribution in [1.29, 1.82) is 0 Å². The van der Waals surface area contributed by atoms with E-state index in [0.29, 0.717) is 25.9 Å². The van der Waals surface area contributed by atoms with E-state index in [2.05, 4.69) is 19.3 Å². The number of hydrogen-bond acceptors (Lipinski definition) is 6. The second kappa shape index (κ2) is 9.85. The van der Waals surface area contributed by atoms with Gasteiger partial charge in [0.25, 0.3) is 0 Å². The van der Waals surface area contributed by atoms with Gasteiger partial charge >= 0.3 is 11.9 Å². The highest BCUT2D eigenvalue weighted by molar-refractivity contribution is 5.69. The van der Waals surface area contributed by atoms with Crippen LogP contribution in [-0.2, 0) is 19.1 Å². The molecule has 0 aromatic rings. The summed E-state index contributed by atoms with van der Waals surface area (Å²) >= 11 is 0. The maximum Gasteiger partial charge on any atom is 0.306 e. The Morgan fingerprint density at radius 2 is 1.11 bits per heavy atom. The van der Waals surface area contributed by atoms with Gasteiger partial charge in [-0.2, -0.15) is 0 Å². The predicted octanol–water partition coefficient (Wildman–Crippen LogP) is -0.0238. The first-order chi connectivity index (χ1) is 8.49. The third-order valence-corrected chi connectivity index (χ3v) is 2.71. The summed E-state index contributed by atoms with van der Waals surface area (Å²) in [5.74, 6) is -0.387. The number of likely N-dealkylation sites (N-methyl/N-ethyl adjacent to an activating group) is 2. The SMILES string of the molecule is COC(=O)CCN(C)CCN(C)CCC(=O)OC. The Balaban J connectivity index is 3.61. The van der Waals surface area contributed by atoms with Gasteiger partial charge in [0.15, 0.2) is 0 Å². The van der Waals surface area contributed by atoms with Gasteiger partial charge in [0.1, 0.15) is 0 Å². The van der Waals surface area contributed by atoms with Crippen molar-refractivity contribution in [3.8, 4) is 0 Å². The van der Waals surface area contributed by atoms with Gasteiger partial charge in [0.05, 0.1) is 27.1 Å². The molecule has 106 valence electrons. The normalized spacial score (nSPS) is 10.8. The Morgan fingerprint density at radius 1 is 0.778 bits per heavy atom. The van der Waals surface area contributed by atoms with Gasteiger partial charge in [-0.25, -0.2) is 0 Å². The number of esters is 2. The first kappa shape index (κ1) is 16.9. The molecule has 0 aliphatic heterocycles. The summed E-state index contributed by atoms with van der Waals surface area (Å²) in [7, 11) is 6.69. The topological polar surface area (TPSA) is 59.1 Å². The van der Waals surface area contributed by atoms with Crippen LogP contribution in [0.2, 0.25) is 0 Å². The highest BCUT2D eigenvalue weighted by atomic mass is 16.5. The average molecular weight is 260 g/mol. The number of rotatable bonds is 9. The molecule has 0 radical (unpaired) electrons. The molecule has 0 spiro atoms. The molecule has 0 saturated carbocycles. The summed E-state index contributed by atoms with van der Waals surface area (Å²) in [5.41, 5.74) is 0. The van der Waals surface area contributed by atoms with Gasteiger partial charge < -0.3 is 19.3 Å². The first-order valence-corrected chi connectivity index (χ1v) is 6.00. The molecule has 6 heteroatoms. The Hall–Kier alpha value is -1.14. The summed E-state index contributed by atoms with van der Waals surface area (Å²) in [5, 5.41) is 0. The number of carbonyl (C=O) groups is 2. The van der Waals surface area contributed by atoms with Crippen molar-refractivity contribution in [2.45, 2.75) is 12.8 Å². The molecule has 0 saturated heterocycles. The van der Waals surface area contributed by atoms with E-state index >= 15 is 0 Å². The molecule has 0 rings (SSSR count). The van der Waals surface area contributed by atoms with Crippen LogP contribution in [0.5, 0.6) is 0 Å². The summed E-state index contributed by atoms with van der Waals surface area (Å²) in [4.78, 5) is 26.0. The van der Waals surface area contributed by atoms with Gasteiger partial charge in [0, 0.05) is 26.2 Å². The van der Waals surface area contributed by atoms with Crippen molar-refractivity contribution in [3.05, 3.63) is 0 Å². The molecular weight excluding hydrogens is 236 g/mol. The molecule has 0 fully saturated rings. The lowest BCUT2D eigenvalue weighted by Crippen LogP contribution is -2.33. The average Bonchev–Trinajstić information content (AvgIpc) is 2.39. The molecule has 0 heterocycles. The van der Waals surface area contributed by atoms with Crippen molar-refractivity contribution >= 4 is 11.9 Å². The van der Waals surface area contributed by atoms with Crippen molar-refractivity contribution in [2.75, 3.05) is 54.5 Å². The molecule has 0 aromatic heterocycles. The second-order valence-corrected chi connectivity index (χ2v) is 4.26. The maximum atomic E-state index is 11.0. The minimum absolute atomic E-state index is 0.194. The van der Waals surface area contributed by atoms with Crippen LogP contribution in [0, 0.1) is 0 Å². The predicted molar refractivity (Wildman–Crippen MR) is 68.3 cm³/mol. The Labute approximate surface area is 109 Å². The van der Waals surface area contributed by atoms with E-state index in [9.17, 15) is 9.59 Å². The largest absolute Gasteiger partial charge is 0.469 e. The fourth-order valence-electron chi connectivity index (χ4n) is 1.33. The van der Waals surface area contributed by atoms with E-state index in [4.69, 9.17) is 0 Å². The van der Waals surface area contributed by atoms with Crippen LogP contribution in [-0.4, -0.2) is 76.2 Å². The fourth-order valence-corrected chi connectivity index (χ4v) is 1.33. The molecule has 0 aromatic carbocycles. The van der Waals surface area contributed by atoms with E-state index in [0.717, 1.165) is 13.1 Å². The molecule has 0 aliphatic carbocycles. The van der Waals surface area contributed by atoms with Crippen molar-refractivity contribution in [3.63, 3.8) is 0 Å². The number of ether oxygens (including phenoxy) is 2. The number of methoxy groups -OCH3 is 2. The van der Waals surface area contributed by atoms with Gasteiger partial charge in [-0.1, -0.05) is 0 Å². The molecule has 0 aliphatic rings. The van der Waals surface area contributed by atoms with Gasteiger partial charge in [-0.3, -0.25) is 9.59 Å². The van der Waals surface area contributed by atoms with E-state index < -0.39 is 0 Å².